The first-order chi connectivity index (χ1) is 7.69. The Morgan fingerprint density at radius 2 is 1.94 bits per heavy atom. The Hall–Kier alpha value is -0.820. The summed E-state index contributed by atoms with van der Waals surface area (Å²) in [5.41, 5.74) is 0.568. The van der Waals surface area contributed by atoms with E-state index in [9.17, 15) is 4.79 Å². The molecule has 2 heteroatoms. The lowest BCUT2D eigenvalue weighted by molar-refractivity contribution is 0.0791. The molecule has 0 heterocycles. The Kier molecular flexibility index (Phi) is 3.34. The smallest absolute Gasteiger partial charge is 0.170 e. The van der Waals surface area contributed by atoms with Crippen LogP contribution >= 0.6 is 11.6 Å². The topological polar surface area (TPSA) is 17.1 Å². The molecule has 0 amide bonds. The summed E-state index contributed by atoms with van der Waals surface area (Å²) in [7, 11) is 0. The van der Waals surface area contributed by atoms with E-state index in [4.69, 9.17) is 11.6 Å². The van der Waals surface area contributed by atoms with E-state index in [1.54, 1.807) is 6.07 Å². The van der Waals surface area contributed by atoms with Gasteiger partial charge in [-0.2, -0.15) is 0 Å². The van der Waals surface area contributed by atoms with E-state index in [1.165, 1.54) is 12.8 Å². The zero-order valence-electron chi connectivity index (χ0n) is 9.63. The molecular weight excluding hydrogens is 220 g/mol. The maximum absolute atomic E-state index is 12.5. The van der Waals surface area contributed by atoms with Crippen molar-refractivity contribution in [1.82, 2.24) is 0 Å². The molecule has 1 saturated carbocycles. The van der Waals surface area contributed by atoms with Crippen molar-refractivity contribution in [3.05, 3.63) is 34.9 Å². The van der Waals surface area contributed by atoms with Crippen LogP contribution in [0.15, 0.2) is 24.3 Å². The van der Waals surface area contributed by atoms with Crippen LogP contribution in [0.1, 0.15) is 49.4 Å². The molecule has 0 bridgehead atoms. The van der Waals surface area contributed by atoms with Crippen LogP contribution in [0.25, 0.3) is 0 Å². The molecule has 0 radical (unpaired) electrons. The van der Waals surface area contributed by atoms with Gasteiger partial charge in [-0.05, 0) is 31.4 Å². The van der Waals surface area contributed by atoms with Crippen LogP contribution in [-0.4, -0.2) is 5.78 Å². The fourth-order valence-corrected chi connectivity index (χ4v) is 2.95. The normalized spacial score (nSPS) is 18.6. The van der Waals surface area contributed by atoms with Gasteiger partial charge in [-0.3, -0.25) is 4.79 Å². The Labute approximate surface area is 102 Å². The van der Waals surface area contributed by atoms with Gasteiger partial charge in [-0.1, -0.05) is 43.5 Å². The number of carbonyl (C=O) groups excluding carboxylic acids is 1. The fraction of sp³-hybridized carbons (Fsp3) is 0.500. The van der Waals surface area contributed by atoms with E-state index in [0.717, 1.165) is 19.3 Å². The zero-order valence-corrected chi connectivity index (χ0v) is 10.4. The molecule has 16 heavy (non-hydrogen) atoms. The first-order valence-electron chi connectivity index (χ1n) is 5.99. The molecule has 1 aliphatic rings. The van der Waals surface area contributed by atoms with E-state index in [1.807, 2.05) is 18.2 Å². The van der Waals surface area contributed by atoms with Crippen molar-refractivity contribution in [2.45, 2.75) is 39.0 Å². The molecule has 1 fully saturated rings. The van der Waals surface area contributed by atoms with Gasteiger partial charge >= 0.3 is 0 Å². The summed E-state index contributed by atoms with van der Waals surface area (Å²) in [5, 5.41) is 0.590. The minimum atomic E-state index is -0.134. The molecule has 1 nitrogen and oxygen atoms in total. The summed E-state index contributed by atoms with van der Waals surface area (Å²) < 4.78 is 0. The molecule has 1 aromatic carbocycles. The van der Waals surface area contributed by atoms with Crippen LogP contribution in [0.2, 0.25) is 5.02 Å². The second-order valence-corrected chi connectivity index (χ2v) is 5.06. The summed E-state index contributed by atoms with van der Waals surface area (Å²) >= 11 is 6.10. The number of rotatable bonds is 3. The quantitative estimate of drug-likeness (QED) is 0.707. The molecule has 86 valence electrons. The molecule has 0 aromatic heterocycles. The third-order valence-electron chi connectivity index (χ3n) is 3.84. The molecule has 0 N–H and O–H groups in total. The zero-order chi connectivity index (χ0) is 11.6. The van der Waals surface area contributed by atoms with Gasteiger partial charge in [0.1, 0.15) is 0 Å². The predicted octanol–water partition coefficient (Wildman–Crippen LogP) is 4.49. The van der Waals surface area contributed by atoms with Crippen LogP contribution in [0.4, 0.5) is 0 Å². The van der Waals surface area contributed by atoms with Crippen molar-refractivity contribution in [3.63, 3.8) is 0 Å². The molecule has 1 aromatic rings. The lowest BCUT2D eigenvalue weighted by atomic mass is 9.76. The third-order valence-corrected chi connectivity index (χ3v) is 4.17. The van der Waals surface area contributed by atoms with Gasteiger partial charge in [-0.15, -0.1) is 0 Å². The van der Waals surface area contributed by atoms with Gasteiger partial charge in [0.2, 0.25) is 0 Å². The number of benzene rings is 1. The summed E-state index contributed by atoms with van der Waals surface area (Å²) in [6.07, 6.45) is 5.31. The summed E-state index contributed by atoms with van der Waals surface area (Å²) in [6, 6.07) is 7.40. The number of carbonyl (C=O) groups is 1. The van der Waals surface area contributed by atoms with Gasteiger partial charge in [0, 0.05) is 11.0 Å². The fourth-order valence-electron chi connectivity index (χ4n) is 2.72. The second kappa shape index (κ2) is 4.58. The van der Waals surface area contributed by atoms with Crippen molar-refractivity contribution < 1.29 is 4.79 Å². The highest BCUT2D eigenvalue weighted by Gasteiger charge is 2.40. The van der Waals surface area contributed by atoms with Gasteiger partial charge in [0.15, 0.2) is 5.78 Å². The third kappa shape index (κ3) is 1.89. The largest absolute Gasteiger partial charge is 0.294 e. The summed E-state index contributed by atoms with van der Waals surface area (Å²) in [4.78, 5) is 12.5. The first-order valence-corrected chi connectivity index (χ1v) is 6.37. The number of hydrogen-bond donors (Lipinski definition) is 0. The number of halogens is 1. The number of ketones is 1. The maximum atomic E-state index is 12.5. The maximum Gasteiger partial charge on any atom is 0.170 e. The van der Waals surface area contributed by atoms with Gasteiger partial charge in [-0.25, -0.2) is 0 Å². The number of Topliss-reactive ketones (excluding diaryl/α,β-unsaturated/α-hetero) is 1. The molecule has 0 spiro atoms. The van der Waals surface area contributed by atoms with E-state index in [0.29, 0.717) is 10.6 Å². The minimum Gasteiger partial charge on any atom is -0.294 e. The van der Waals surface area contributed by atoms with Crippen molar-refractivity contribution >= 4 is 17.4 Å². The average Bonchev–Trinajstić information content (AvgIpc) is 2.78. The predicted molar refractivity (Wildman–Crippen MR) is 67.0 cm³/mol. The Balaban J connectivity index is 2.34. The van der Waals surface area contributed by atoms with Gasteiger partial charge in [0.25, 0.3) is 0 Å². The van der Waals surface area contributed by atoms with Gasteiger partial charge in [0.05, 0.1) is 5.02 Å². The first kappa shape index (κ1) is 11.7. The van der Waals surface area contributed by atoms with Crippen LogP contribution in [-0.2, 0) is 0 Å². The number of hydrogen-bond acceptors (Lipinski definition) is 1. The molecule has 1 aliphatic carbocycles. The lowest BCUT2D eigenvalue weighted by Crippen LogP contribution is -2.27. The van der Waals surface area contributed by atoms with Crippen LogP contribution in [0.3, 0.4) is 0 Å². The van der Waals surface area contributed by atoms with Crippen molar-refractivity contribution in [2.75, 3.05) is 0 Å². The van der Waals surface area contributed by atoms with E-state index < -0.39 is 0 Å². The van der Waals surface area contributed by atoms with Crippen molar-refractivity contribution in [2.24, 2.45) is 5.41 Å². The van der Waals surface area contributed by atoms with Crippen molar-refractivity contribution in [1.29, 1.82) is 0 Å². The van der Waals surface area contributed by atoms with Crippen LogP contribution in [0.5, 0.6) is 0 Å². The van der Waals surface area contributed by atoms with E-state index in [-0.39, 0.29) is 11.2 Å². The lowest BCUT2D eigenvalue weighted by Gasteiger charge is -2.26. The van der Waals surface area contributed by atoms with Crippen LogP contribution in [0, 0.1) is 5.41 Å². The Bertz CT molecular complexity index is 391. The monoisotopic (exact) mass is 236 g/mol. The van der Waals surface area contributed by atoms with E-state index in [2.05, 4.69) is 6.92 Å². The second-order valence-electron chi connectivity index (χ2n) is 4.65. The standard InChI is InChI=1S/C14H17ClO/c1-2-14(9-5-6-10-14)13(16)11-7-3-4-8-12(11)15/h3-4,7-8H,2,5-6,9-10H2,1H3. The van der Waals surface area contributed by atoms with Crippen molar-refractivity contribution in [3.8, 4) is 0 Å². The average molecular weight is 237 g/mol. The minimum absolute atomic E-state index is 0.134. The summed E-state index contributed by atoms with van der Waals surface area (Å²) in [5.74, 6) is 0.248. The summed E-state index contributed by atoms with van der Waals surface area (Å²) in [6.45, 7) is 2.11. The Morgan fingerprint density at radius 3 is 2.50 bits per heavy atom. The molecule has 0 unspecified atom stereocenters. The highest BCUT2D eigenvalue weighted by molar-refractivity contribution is 6.34. The van der Waals surface area contributed by atoms with E-state index >= 15 is 0 Å². The Morgan fingerprint density at radius 1 is 1.31 bits per heavy atom. The molecule has 0 saturated heterocycles. The SMILES string of the molecule is CCC1(C(=O)c2ccccc2Cl)CCCC1. The highest BCUT2D eigenvalue weighted by atomic mass is 35.5. The molecule has 0 atom stereocenters. The van der Waals surface area contributed by atoms with Gasteiger partial charge < -0.3 is 0 Å². The van der Waals surface area contributed by atoms with Crippen LogP contribution < -0.4 is 0 Å². The molecule has 0 aliphatic heterocycles. The highest BCUT2D eigenvalue weighted by Crippen LogP contribution is 2.44. The molecular formula is C14H17ClO. The molecule has 2 rings (SSSR count).